The molecule has 0 amide bonds. The number of hydrogen-bond acceptors (Lipinski definition) is 4. The zero-order valence-corrected chi connectivity index (χ0v) is 11.1. The van der Waals surface area contributed by atoms with Crippen LogP contribution in [-0.2, 0) is 0 Å². The molecule has 2 heterocycles. The van der Waals surface area contributed by atoms with Gasteiger partial charge in [-0.1, -0.05) is 12.1 Å². The molecule has 0 saturated carbocycles. The molecule has 0 radical (unpaired) electrons. The molecule has 5 heteroatoms. The maximum Gasteiger partial charge on any atom is 0.0859 e. The molecule has 1 fully saturated rings. The first-order valence-corrected chi connectivity index (χ1v) is 6.65. The predicted molar refractivity (Wildman–Crippen MR) is 73.9 cm³/mol. The molecule has 2 unspecified atom stereocenters. The molecule has 3 rings (SSSR count). The Labute approximate surface area is 113 Å². The summed E-state index contributed by atoms with van der Waals surface area (Å²) in [6.07, 6.45) is 4.51. The minimum atomic E-state index is 0.448. The Morgan fingerprint density at radius 1 is 1.32 bits per heavy atom. The highest BCUT2D eigenvalue weighted by Gasteiger charge is 2.29. The summed E-state index contributed by atoms with van der Waals surface area (Å²) in [5.74, 6) is 0.599. The Hall–Kier alpha value is -1.72. The van der Waals surface area contributed by atoms with Crippen LogP contribution in [0.5, 0.6) is 0 Å². The zero-order valence-electron chi connectivity index (χ0n) is 11.1. The van der Waals surface area contributed by atoms with Crippen molar-refractivity contribution in [2.75, 3.05) is 20.1 Å². The monoisotopic (exact) mass is 257 g/mol. The van der Waals surface area contributed by atoms with E-state index >= 15 is 0 Å². The molecular weight excluding hydrogens is 238 g/mol. The van der Waals surface area contributed by atoms with Gasteiger partial charge in [0, 0.05) is 12.6 Å². The first-order valence-electron chi connectivity index (χ1n) is 6.65. The summed E-state index contributed by atoms with van der Waals surface area (Å²) < 4.78 is 0. The van der Waals surface area contributed by atoms with E-state index in [1.807, 2.05) is 6.07 Å². The largest absolute Gasteiger partial charge is 0.330 e. The van der Waals surface area contributed by atoms with Gasteiger partial charge in [0.25, 0.3) is 0 Å². The van der Waals surface area contributed by atoms with Crippen molar-refractivity contribution in [1.82, 2.24) is 19.9 Å². The molecule has 0 bridgehead atoms. The van der Waals surface area contributed by atoms with E-state index in [2.05, 4.69) is 40.3 Å². The fourth-order valence-corrected chi connectivity index (χ4v) is 2.87. The Morgan fingerprint density at radius 3 is 2.79 bits per heavy atom. The molecule has 2 atom stereocenters. The Kier molecular flexibility index (Phi) is 3.31. The highest BCUT2D eigenvalue weighted by atomic mass is 15.5. The summed E-state index contributed by atoms with van der Waals surface area (Å²) in [6, 6.07) is 8.88. The van der Waals surface area contributed by atoms with Gasteiger partial charge in [0.1, 0.15) is 0 Å². The van der Waals surface area contributed by atoms with Crippen LogP contribution in [0.3, 0.4) is 0 Å². The molecule has 19 heavy (non-hydrogen) atoms. The summed E-state index contributed by atoms with van der Waals surface area (Å²) >= 11 is 0. The summed E-state index contributed by atoms with van der Waals surface area (Å²) in [5.41, 5.74) is 8.11. The number of nitrogens with two attached hydrogens (primary N) is 1. The molecule has 0 spiro atoms. The van der Waals surface area contributed by atoms with Gasteiger partial charge in [-0.15, -0.1) is 0 Å². The van der Waals surface area contributed by atoms with Crippen LogP contribution in [0.2, 0.25) is 0 Å². The van der Waals surface area contributed by atoms with Crippen molar-refractivity contribution in [2.45, 2.75) is 12.5 Å². The van der Waals surface area contributed by atoms with Crippen molar-refractivity contribution in [3.05, 3.63) is 42.2 Å². The lowest BCUT2D eigenvalue weighted by atomic mass is 9.99. The number of aromatic nitrogens is 3. The average Bonchev–Trinajstić information content (AvgIpc) is 3.08. The summed E-state index contributed by atoms with van der Waals surface area (Å²) in [4.78, 5) is 4.03. The van der Waals surface area contributed by atoms with E-state index in [1.54, 1.807) is 17.2 Å². The van der Waals surface area contributed by atoms with Crippen LogP contribution in [0.15, 0.2) is 36.7 Å². The molecular formula is C14H19N5. The van der Waals surface area contributed by atoms with E-state index in [4.69, 9.17) is 5.73 Å². The van der Waals surface area contributed by atoms with Crippen molar-refractivity contribution >= 4 is 0 Å². The zero-order chi connectivity index (χ0) is 13.2. The standard InChI is InChI=1S/C14H19N5/c1-18-10-11(9-15)7-14(18)12-3-2-4-13(8-12)19-16-5-6-17-19/h2-6,8,11,14H,7,9-10,15H2,1H3. The van der Waals surface area contributed by atoms with Gasteiger partial charge in [-0.3, -0.25) is 4.90 Å². The van der Waals surface area contributed by atoms with Crippen molar-refractivity contribution in [3.8, 4) is 5.69 Å². The second-order valence-corrected chi connectivity index (χ2v) is 5.21. The van der Waals surface area contributed by atoms with Gasteiger partial charge in [-0.25, -0.2) is 0 Å². The first kappa shape index (κ1) is 12.3. The molecule has 100 valence electrons. The van der Waals surface area contributed by atoms with E-state index in [-0.39, 0.29) is 0 Å². The van der Waals surface area contributed by atoms with Crippen LogP contribution in [0.1, 0.15) is 18.0 Å². The van der Waals surface area contributed by atoms with Crippen LogP contribution in [0.25, 0.3) is 5.69 Å². The quantitative estimate of drug-likeness (QED) is 0.898. The highest BCUT2D eigenvalue weighted by molar-refractivity contribution is 5.35. The second-order valence-electron chi connectivity index (χ2n) is 5.21. The van der Waals surface area contributed by atoms with Crippen molar-refractivity contribution in [2.24, 2.45) is 11.7 Å². The summed E-state index contributed by atoms with van der Waals surface area (Å²) in [5, 5.41) is 8.35. The third kappa shape index (κ3) is 2.39. The lowest BCUT2D eigenvalue weighted by molar-refractivity contribution is 0.313. The van der Waals surface area contributed by atoms with Crippen LogP contribution in [0, 0.1) is 5.92 Å². The minimum Gasteiger partial charge on any atom is -0.330 e. The van der Waals surface area contributed by atoms with Crippen LogP contribution < -0.4 is 5.73 Å². The molecule has 5 nitrogen and oxygen atoms in total. The van der Waals surface area contributed by atoms with Gasteiger partial charge in [-0.2, -0.15) is 15.0 Å². The third-order valence-corrected chi connectivity index (χ3v) is 3.87. The van der Waals surface area contributed by atoms with Gasteiger partial charge in [0.05, 0.1) is 18.1 Å². The van der Waals surface area contributed by atoms with E-state index in [0.717, 1.165) is 25.2 Å². The molecule has 1 aromatic carbocycles. The maximum absolute atomic E-state index is 5.79. The number of benzene rings is 1. The maximum atomic E-state index is 5.79. The molecule has 0 aliphatic carbocycles. The number of hydrogen-bond donors (Lipinski definition) is 1. The molecule has 1 aliphatic heterocycles. The molecule has 1 saturated heterocycles. The summed E-state index contributed by atoms with van der Waals surface area (Å²) in [7, 11) is 2.17. The van der Waals surface area contributed by atoms with Crippen LogP contribution in [0.4, 0.5) is 0 Å². The van der Waals surface area contributed by atoms with Gasteiger partial charge in [0.15, 0.2) is 0 Å². The average molecular weight is 257 g/mol. The third-order valence-electron chi connectivity index (χ3n) is 3.87. The lowest BCUT2D eigenvalue weighted by Crippen LogP contribution is -2.20. The second kappa shape index (κ2) is 5.11. The molecule has 2 aromatic rings. The Bertz CT molecular complexity index is 537. The normalized spacial score (nSPS) is 23.9. The van der Waals surface area contributed by atoms with Gasteiger partial charge >= 0.3 is 0 Å². The van der Waals surface area contributed by atoms with Crippen LogP contribution >= 0.6 is 0 Å². The van der Waals surface area contributed by atoms with Crippen molar-refractivity contribution < 1.29 is 0 Å². The lowest BCUT2D eigenvalue weighted by Gasteiger charge is -2.20. The van der Waals surface area contributed by atoms with Gasteiger partial charge in [-0.05, 0) is 43.6 Å². The molecule has 1 aliphatic rings. The SMILES string of the molecule is CN1CC(CN)CC1c1cccc(-n2nccn2)c1. The van der Waals surface area contributed by atoms with E-state index < -0.39 is 0 Å². The Morgan fingerprint density at radius 2 is 2.11 bits per heavy atom. The first-order chi connectivity index (χ1) is 9.28. The highest BCUT2D eigenvalue weighted by Crippen LogP contribution is 2.34. The number of nitrogens with zero attached hydrogens (tertiary/aromatic N) is 4. The van der Waals surface area contributed by atoms with E-state index in [1.165, 1.54) is 5.56 Å². The van der Waals surface area contributed by atoms with Crippen molar-refractivity contribution in [1.29, 1.82) is 0 Å². The Balaban J connectivity index is 1.88. The van der Waals surface area contributed by atoms with Crippen LogP contribution in [-0.4, -0.2) is 40.0 Å². The number of likely N-dealkylation sites (tertiary alicyclic amines) is 1. The summed E-state index contributed by atoms with van der Waals surface area (Å²) in [6.45, 7) is 1.84. The topological polar surface area (TPSA) is 60.0 Å². The van der Waals surface area contributed by atoms with Crippen molar-refractivity contribution in [3.63, 3.8) is 0 Å². The fourth-order valence-electron chi connectivity index (χ4n) is 2.87. The fraction of sp³-hybridized carbons (Fsp3) is 0.429. The number of rotatable bonds is 3. The van der Waals surface area contributed by atoms with Gasteiger partial charge in [0.2, 0.25) is 0 Å². The molecule has 1 aromatic heterocycles. The van der Waals surface area contributed by atoms with E-state index in [0.29, 0.717) is 12.0 Å². The smallest absolute Gasteiger partial charge is 0.0859 e. The minimum absolute atomic E-state index is 0.448. The predicted octanol–water partition coefficient (Wildman–Crippen LogP) is 1.22. The van der Waals surface area contributed by atoms with E-state index in [9.17, 15) is 0 Å². The van der Waals surface area contributed by atoms with Gasteiger partial charge < -0.3 is 5.73 Å². The molecule has 2 N–H and O–H groups in total.